The van der Waals surface area contributed by atoms with Crippen LogP contribution < -0.4 is 0 Å². The van der Waals surface area contributed by atoms with Crippen LogP contribution in [0.2, 0.25) is 0 Å². The van der Waals surface area contributed by atoms with Crippen LogP contribution in [0.5, 0.6) is 0 Å². The fourth-order valence-electron chi connectivity index (χ4n) is 3.93. The van der Waals surface area contributed by atoms with Gasteiger partial charge >= 0.3 is 5.97 Å². The molecule has 0 unspecified atom stereocenters. The molecule has 0 aliphatic heterocycles. The third-order valence-corrected chi connectivity index (χ3v) is 5.26. The Labute approximate surface area is 167 Å². The topological polar surface area (TPSA) is 78.4 Å². The Hall–Kier alpha value is -2.11. The van der Waals surface area contributed by atoms with Gasteiger partial charge in [0.2, 0.25) is 11.7 Å². The molecule has 1 saturated carbocycles. The van der Waals surface area contributed by atoms with Crippen LogP contribution in [-0.4, -0.2) is 21.7 Å². The average molecular weight is 389 g/mol. The molecule has 0 bridgehead atoms. The van der Waals surface area contributed by atoms with Gasteiger partial charge in [0.15, 0.2) is 5.76 Å². The van der Waals surface area contributed by atoms with Crippen molar-refractivity contribution in [3.8, 4) is 11.6 Å². The SMILES string of the molecule is CC(C)(C)OC(=O)C[C@@H](CCCC1CCCCC1)c1nc(-c2ccco2)no1. The maximum Gasteiger partial charge on any atom is 0.307 e. The van der Waals surface area contributed by atoms with Crippen LogP contribution in [-0.2, 0) is 9.53 Å². The molecule has 2 aromatic rings. The molecule has 6 nitrogen and oxygen atoms in total. The molecular weight excluding hydrogens is 356 g/mol. The maximum absolute atomic E-state index is 12.4. The number of carbonyl (C=O) groups is 1. The summed E-state index contributed by atoms with van der Waals surface area (Å²) >= 11 is 0. The van der Waals surface area contributed by atoms with Crippen LogP contribution in [0.4, 0.5) is 0 Å². The van der Waals surface area contributed by atoms with Crippen molar-refractivity contribution in [1.82, 2.24) is 10.1 Å². The predicted octanol–water partition coefficient (Wildman–Crippen LogP) is 5.90. The van der Waals surface area contributed by atoms with E-state index in [1.807, 2.05) is 20.8 Å². The molecule has 1 aliphatic carbocycles. The van der Waals surface area contributed by atoms with E-state index in [1.165, 1.54) is 38.5 Å². The molecule has 0 spiro atoms. The summed E-state index contributed by atoms with van der Waals surface area (Å²) in [7, 11) is 0. The van der Waals surface area contributed by atoms with Gasteiger partial charge in [-0.25, -0.2) is 0 Å². The molecule has 6 heteroatoms. The summed E-state index contributed by atoms with van der Waals surface area (Å²) in [6.07, 6.45) is 11.7. The molecule has 1 aliphatic rings. The molecule has 0 amide bonds. The van der Waals surface area contributed by atoms with Gasteiger partial charge in [0, 0.05) is 5.92 Å². The molecule has 154 valence electrons. The van der Waals surface area contributed by atoms with Gasteiger partial charge in [-0.05, 0) is 45.2 Å². The Balaban J connectivity index is 1.64. The van der Waals surface area contributed by atoms with E-state index in [9.17, 15) is 4.79 Å². The number of esters is 1. The van der Waals surface area contributed by atoms with Crippen molar-refractivity contribution in [1.29, 1.82) is 0 Å². The Kier molecular flexibility index (Phi) is 6.92. The van der Waals surface area contributed by atoms with Crippen LogP contribution in [0.15, 0.2) is 27.3 Å². The Morgan fingerprint density at radius 3 is 2.75 bits per heavy atom. The lowest BCUT2D eigenvalue weighted by molar-refractivity contribution is -0.155. The first-order valence-electron chi connectivity index (χ1n) is 10.5. The number of nitrogens with zero attached hydrogens (tertiary/aromatic N) is 2. The minimum absolute atomic E-state index is 0.130. The lowest BCUT2D eigenvalue weighted by atomic mass is 9.84. The van der Waals surface area contributed by atoms with E-state index in [4.69, 9.17) is 13.7 Å². The summed E-state index contributed by atoms with van der Waals surface area (Å²) < 4.78 is 16.4. The van der Waals surface area contributed by atoms with Crippen molar-refractivity contribution in [3.05, 3.63) is 24.3 Å². The van der Waals surface area contributed by atoms with Gasteiger partial charge in [-0.1, -0.05) is 50.1 Å². The standard InChI is InChI=1S/C22H32N2O4/c1-22(2,3)27-19(25)15-17(12-7-11-16-9-5-4-6-10-16)21-23-20(24-28-21)18-13-8-14-26-18/h8,13-14,16-17H,4-7,9-12,15H2,1-3H3/t17-/m1/s1. The quantitative estimate of drug-likeness (QED) is 0.524. The predicted molar refractivity (Wildman–Crippen MR) is 106 cm³/mol. The molecular formula is C22H32N2O4. The van der Waals surface area contributed by atoms with Gasteiger partial charge in [0.25, 0.3) is 0 Å². The van der Waals surface area contributed by atoms with Crippen molar-refractivity contribution in [2.45, 2.75) is 90.1 Å². The number of rotatable bonds is 8. The molecule has 1 fully saturated rings. The number of aromatic nitrogens is 2. The molecule has 3 rings (SSSR count). The second-order valence-corrected chi connectivity index (χ2v) is 8.86. The van der Waals surface area contributed by atoms with Crippen molar-refractivity contribution in [3.63, 3.8) is 0 Å². The zero-order valence-electron chi connectivity index (χ0n) is 17.3. The van der Waals surface area contributed by atoms with E-state index < -0.39 is 5.60 Å². The molecule has 2 aromatic heterocycles. The van der Waals surface area contributed by atoms with Gasteiger partial charge < -0.3 is 13.7 Å². The highest BCUT2D eigenvalue weighted by Gasteiger charge is 2.26. The third-order valence-electron chi connectivity index (χ3n) is 5.26. The van der Waals surface area contributed by atoms with Crippen LogP contribution in [0.1, 0.15) is 90.4 Å². The second kappa shape index (κ2) is 9.39. The largest absolute Gasteiger partial charge is 0.461 e. The minimum Gasteiger partial charge on any atom is -0.461 e. The van der Waals surface area contributed by atoms with E-state index in [-0.39, 0.29) is 18.3 Å². The molecule has 1 atom stereocenters. The van der Waals surface area contributed by atoms with E-state index in [1.54, 1.807) is 18.4 Å². The van der Waals surface area contributed by atoms with Gasteiger partial charge in [-0.2, -0.15) is 4.98 Å². The first kappa shape index (κ1) is 20.6. The average Bonchev–Trinajstić information content (AvgIpc) is 3.32. The third kappa shape index (κ3) is 6.21. The van der Waals surface area contributed by atoms with Crippen LogP contribution in [0, 0.1) is 5.92 Å². The maximum atomic E-state index is 12.4. The van der Waals surface area contributed by atoms with E-state index in [0.717, 1.165) is 18.8 Å². The summed E-state index contributed by atoms with van der Waals surface area (Å²) in [5.74, 6) is 1.93. The lowest BCUT2D eigenvalue weighted by Gasteiger charge is -2.23. The number of hydrogen-bond acceptors (Lipinski definition) is 6. The Morgan fingerprint density at radius 1 is 1.29 bits per heavy atom. The first-order chi connectivity index (χ1) is 13.4. The van der Waals surface area contributed by atoms with Crippen LogP contribution in [0.25, 0.3) is 11.6 Å². The van der Waals surface area contributed by atoms with Gasteiger partial charge in [0.05, 0.1) is 12.7 Å². The van der Waals surface area contributed by atoms with Crippen molar-refractivity contribution >= 4 is 5.97 Å². The monoisotopic (exact) mass is 388 g/mol. The summed E-state index contributed by atoms with van der Waals surface area (Å²) in [6.45, 7) is 5.64. The highest BCUT2D eigenvalue weighted by Crippen LogP contribution is 2.32. The zero-order valence-corrected chi connectivity index (χ0v) is 17.3. The second-order valence-electron chi connectivity index (χ2n) is 8.86. The van der Waals surface area contributed by atoms with E-state index in [0.29, 0.717) is 17.5 Å². The molecule has 0 radical (unpaired) electrons. The first-order valence-corrected chi connectivity index (χ1v) is 10.5. The Morgan fingerprint density at radius 2 is 2.07 bits per heavy atom. The van der Waals surface area contributed by atoms with Gasteiger partial charge in [0.1, 0.15) is 5.60 Å². The highest BCUT2D eigenvalue weighted by atomic mass is 16.6. The minimum atomic E-state index is -0.502. The summed E-state index contributed by atoms with van der Waals surface area (Å²) in [5.41, 5.74) is -0.502. The van der Waals surface area contributed by atoms with Crippen molar-refractivity contribution in [2.75, 3.05) is 0 Å². The zero-order chi connectivity index (χ0) is 20.0. The van der Waals surface area contributed by atoms with Gasteiger partial charge in [-0.3, -0.25) is 4.79 Å². The number of furan rings is 1. The molecule has 0 N–H and O–H groups in total. The molecule has 2 heterocycles. The lowest BCUT2D eigenvalue weighted by Crippen LogP contribution is -2.25. The summed E-state index contributed by atoms with van der Waals surface area (Å²) in [6, 6.07) is 3.58. The molecule has 28 heavy (non-hydrogen) atoms. The number of carbonyl (C=O) groups excluding carboxylic acids is 1. The highest BCUT2D eigenvalue weighted by molar-refractivity contribution is 5.70. The van der Waals surface area contributed by atoms with Gasteiger partial charge in [-0.15, -0.1) is 0 Å². The number of hydrogen-bond donors (Lipinski definition) is 0. The van der Waals surface area contributed by atoms with Crippen molar-refractivity contribution in [2.24, 2.45) is 5.92 Å². The normalized spacial score (nSPS) is 16.8. The van der Waals surface area contributed by atoms with E-state index in [2.05, 4.69) is 10.1 Å². The smallest absolute Gasteiger partial charge is 0.307 e. The summed E-state index contributed by atoms with van der Waals surface area (Å²) in [5, 5.41) is 4.03. The molecule has 0 aromatic carbocycles. The van der Waals surface area contributed by atoms with Crippen LogP contribution >= 0.6 is 0 Å². The van der Waals surface area contributed by atoms with E-state index >= 15 is 0 Å². The molecule has 0 saturated heterocycles. The van der Waals surface area contributed by atoms with Crippen LogP contribution in [0.3, 0.4) is 0 Å². The fourth-order valence-corrected chi connectivity index (χ4v) is 3.93. The summed E-state index contributed by atoms with van der Waals surface area (Å²) in [4.78, 5) is 16.9. The number of ether oxygens (including phenoxy) is 1. The van der Waals surface area contributed by atoms with Crippen molar-refractivity contribution < 1.29 is 18.5 Å². The Bertz CT molecular complexity index is 724. The fraction of sp³-hybridized carbons (Fsp3) is 0.682.